The van der Waals surface area contributed by atoms with Crippen molar-refractivity contribution in [1.29, 1.82) is 0 Å². The van der Waals surface area contributed by atoms with Gasteiger partial charge in [0.25, 0.3) is 5.56 Å². The second-order valence-electron chi connectivity index (χ2n) is 10.2. The smallest absolute Gasteiger partial charge is 0.263 e. The van der Waals surface area contributed by atoms with E-state index in [0.717, 1.165) is 18.5 Å². The second-order valence-corrected chi connectivity index (χ2v) is 10.2. The molecule has 0 saturated carbocycles. The number of carbonyl (C=O) groups is 3. The minimum atomic E-state index is -0.320. The van der Waals surface area contributed by atoms with Crippen molar-refractivity contribution in [2.24, 2.45) is 0 Å². The molecule has 0 radical (unpaired) electrons. The molecule has 0 bridgehead atoms. The minimum Gasteiger partial charge on any atom is -0.367 e. The van der Waals surface area contributed by atoms with Gasteiger partial charge in [0, 0.05) is 56.6 Å². The maximum atomic E-state index is 13.4. The quantitative estimate of drug-likeness (QED) is 0.376. The summed E-state index contributed by atoms with van der Waals surface area (Å²) in [6.45, 7) is 11.3. The zero-order chi connectivity index (χ0) is 29.0. The molecule has 0 atom stereocenters. The first-order valence-electron chi connectivity index (χ1n) is 13.8. The van der Waals surface area contributed by atoms with Crippen LogP contribution in [0.25, 0.3) is 11.0 Å². The van der Waals surface area contributed by atoms with Crippen LogP contribution in [0.3, 0.4) is 0 Å². The van der Waals surface area contributed by atoms with Gasteiger partial charge in [0.1, 0.15) is 17.2 Å². The molecule has 4 rings (SSSR count). The van der Waals surface area contributed by atoms with Gasteiger partial charge >= 0.3 is 0 Å². The van der Waals surface area contributed by atoms with Crippen molar-refractivity contribution in [3.63, 3.8) is 0 Å². The van der Waals surface area contributed by atoms with Gasteiger partial charge in [-0.1, -0.05) is 13.8 Å². The Hall–Kier alpha value is -4.15. The molecule has 1 aliphatic rings. The van der Waals surface area contributed by atoms with E-state index < -0.39 is 0 Å². The Kier molecular flexibility index (Phi) is 8.91. The summed E-state index contributed by atoms with van der Waals surface area (Å²) in [6.07, 6.45) is 5.41. The molecule has 1 saturated heterocycles. The van der Waals surface area contributed by atoms with Gasteiger partial charge in [0.15, 0.2) is 5.78 Å². The number of piperazine rings is 1. The van der Waals surface area contributed by atoms with Gasteiger partial charge in [-0.3, -0.25) is 19.0 Å². The first-order valence-corrected chi connectivity index (χ1v) is 13.8. The molecule has 1 aliphatic heterocycles. The number of hydrogen-bond donors (Lipinski definition) is 1. The average molecular weight is 548 g/mol. The molecule has 1 fully saturated rings. The number of carbonyl (C=O) groups excluding carboxylic acids is 3. The van der Waals surface area contributed by atoms with Gasteiger partial charge < -0.3 is 19.9 Å². The second kappa shape index (κ2) is 12.4. The molecular weight excluding hydrogens is 510 g/mol. The highest BCUT2D eigenvalue weighted by molar-refractivity contribution is 5.99. The number of amides is 1. The number of aryl methyl sites for hydroxylation is 1. The van der Waals surface area contributed by atoms with Gasteiger partial charge in [-0.05, 0) is 51.3 Å². The highest BCUT2D eigenvalue weighted by atomic mass is 16.2. The number of pyridine rings is 2. The molecule has 11 heteroatoms. The van der Waals surface area contributed by atoms with E-state index in [4.69, 9.17) is 4.98 Å². The lowest BCUT2D eigenvalue weighted by Gasteiger charge is -2.36. The number of fused-ring (bicyclic) bond motifs is 1. The van der Waals surface area contributed by atoms with Crippen molar-refractivity contribution < 1.29 is 14.4 Å². The Labute approximate surface area is 233 Å². The van der Waals surface area contributed by atoms with Crippen molar-refractivity contribution in [2.75, 3.05) is 36.4 Å². The normalized spacial score (nSPS) is 13.7. The van der Waals surface area contributed by atoms with E-state index in [2.05, 4.69) is 20.2 Å². The van der Waals surface area contributed by atoms with Crippen LogP contribution in [0.5, 0.6) is 0 Å². The predicted octanol–water partition coefficient (Wildman–Crippen LogP) is 3.82. The van der Waals surface area contributed by atoms with Gasteiger partial charge in [0.2, 0.25) is 11.9 Å². The highest BCUT2D eigenvalue weighted by Gasteiger charge is 2.23. The molecule has 0 aromatic carbocycles. The fourth-order valence-electron chi connectivity index (χ4n) is 5.22. The Morgan fingerprint density at radius 1 is 0.975 bits per heavy atom. The highest BCUT2D eigenvalue weighted by Crippen LogP contribution is 2.25. The lowest BCUT2D eigenvalue weighted by Crippen LogP contribution is -2.48. The van der Waals surface area contributed by atoms with Crippen LogP contribution >= 0.6 is 0 Å². The predicted molar refractivity (Wildman–Crippen MR) is 154 cm³/mol. The van der Waals surface area contributed by atoms with Crippen LogP contribution in [0.15, 0.2) is 29.3 Å². The maximum Gasteiger partial charge on any atom is 0.263 e. The molecule has 4 heterocycles. The summed E-state index contributed by atoms with van der Waals surface area (Å²) in [5.74, 6) is 0.634. The lowest BCUT2D eigenvalue weighted by molar-refractivity contribution is -0.133. The largest absolute Gasteiger partial charge is 0.367 e. The summed E-state index contributed by atoms with van der Waals surface area (Å²) in [4.78, 5) is 66.8. The molecule has 212 valence electrons. The van der Waals surface area contributed by atoms with Gasteiger partial charge in [-0.25, -0.2) is 9.97 Å². The van der Waals surface area contributed by atoms with E-state index in [9.17, 15) is 19.2 Å². The summed E-state index contributed by atoms with van der Waals surface area (Å²) in [5, 5.41) is 3.81. The van der Waals surface area contributed by atoms with Crippen LogP contribution in [0.2, 0.25) is 0 Å². The number of ketones is 2. The standard InChI is InChI=1S/C29H37N7O4/c1-6-21(7-2)36-27-23(19(4)26(20(5)38)28(36)40)17-31-29(33-27)32-24-10-9-22(16-30-24)34-12-14-35(15-13-34)25(39)11-8-18(3)37/h9-10,16-17,21H,6-8,11-15H2,1-5H3,(H,30,31,32,33). The van der Waals surface area contributed by atoms with Crippen LogP contribution in [0.1, 0.15) is 75.3 Å². The Morgan fingerprint density at radius 2 is 1.68 bits per heavy atom. The summed E-state index contributed by atoms with van der Waals surface area (Å²) in [6, 6.07) is 3.69. The summed E-state index contributed by atoms with van der Waals surface area (Å²) in [7, 11) is 0. The molecule has 40 heavy (non-hydrogen) atoms. The third kappa shape index (κ3) is 6.03. The molecule has 3 aromatic heterocycles. The number of hydrogen-bond acceptors (Lipinski definition) is 9. The fourth-order valence-corrected chi connectivity index (χ4v) is 5.22. The molecular formula is C29H37N7O4. The number of Topliss-reactive ketones (excluding diaryl/α,β-unsaturated/α-hetero) is 2. The molecule has 11 nitrogen and oxygen atoms in total. The lowest BCUT2D eigenvalue weighted by atomic mass is 10.0. The van der Waals surface area contributed by atoms with Crippen molar-refractivity contribution in [2.45, 2.75) is 66.3 Å². The number of aromatic nitrogens is 4. The van der Waals surface area contributed by atoms with E-state index in [1.165, 1.54) is 13.8 Å². The van der Waals surface area contributed by atoms with Gasteiger partial charge in [-0.15, -0.1) is 0 Å². The monoisotopic (exact) mass is 547 g/mol. The molecule has 0 spiro atoms. The molecule has 3 aromatic rings. The fraction of sp³-hybridized carbons (Fsp3) is 0.483. The third-order valence-corrected chi connectivity index (χ3v) is 7.54. The van der Waals surface area contributed by atoms with Crippen molar-refractivity contribution in [3.8, 4) is 0 Å². The van der Waals surface area contributed by atoms with Crippen LogP contribution in [-0.4, -0.2) is 68.1 Å². The van der Waals surface area contributed by atoms with Crippen molar-refractivity contribution in [3.05, 3.63) is 46.0 Å². The van der Waals surface area contributed by atoms with E-state index in [1.807, 2.05) is 30.9 Å². The molecule has 0 unspecified atom stereocenters. The number of nitrogens with one attached hydrogen (secondary N) is 1. The zero-order valence-electron chi connectivity index (χ0n) is 23.9. The Bertz CT molecular complexity index is 1470. The van der Waals surface area contributed by atoms with E-state index in [0.29, 0.717) is 54.5 Å². The zero-order valence-corrected chi connectivity index (χ0v) is 23.9. The van der Waals surface area contributed by atoms with Gasteiger partial charge in [-0.2, -0.15) is 4.98 Å². The topological polar surface area (TPSA) is 130 Å². The number of rotatable bonds is 10. The summed E-state index contributed by atoms with van der Waals surface area (Å²) in [5.41, 5.74) is 1.88. The first kappa shape index (κ1) is 28.8. The van der Waals surface area contributed by atoms with Gasteiger partial charge in [0.05, 0.1) is 17.4 Å². The summed E-state index contributed by atoms with van der Waals surface area (Å²) >= 11 is 0. The first-order chi connectivity index (χ1) is 19.1. The summed E-state index contributed by atoms with van der Waals surface area (Å²) < 4.78 is 1.63. The van der Waals surface area contributed by atoms with Crippen LogP contribution in [0, 0.1) is 6.92 Å². The Morgan fingerprint density at radius 3 is 2.25 bits per heavy atom. The number of nitrogens with zero attached hydrogens (tertiary/aromatic N) is 6. The van der Waals surface area contributed by atoms with E-state index in [1.54, 1.807) is 23.9 Å². The van der Waals surface area contributed by atoms with Crippen molar-refractivity contribution >= 4 is 46.0 Å². The Balaban J connectivity index is 1.52. The molecule has 1 amide bonds. The average Bonchev–Trinajstić information content (AvgIpc) is 2.94. The third-order valence-electron chi connectivity index (χ3n) is 7.54. The minimum absolute atomic E-state index is 0.0187. The maximum absolute atomic E-state index is 13.4. The van der Waals surface area contributed by atoms with E-state index in [-0.39, 0.29) is 47.5 Å². The molecule has 0 aliphatic carbocycles. The van der Waals surface area contributed by atoms with Crippen LogP contribution in [-0.2, 0) is 9.59 Å². The van der Waals surface area contributed by atoms with Crippen molar-refractivity contribution in [1.82, 2.24) is 24.4 Å². The van der Waals surface area contributed by atoms with Crippen LogP contribution in [0.4, 0.5) is 17.5 Å². The number of anilines is 3. The van der Waals surface area contributed by atoms with E-state index >= 15 is 0 Å². The molecule has 1 N–H and O–H groups in total. The SMILES string of the molecule is CCC(CC)n1c(=O)c(C(C)=O)c(C)c2cnc(Nc3ccc(N4CCN(C(=O)CCC(C)=O)CC4)cn3)nc21. The van der Waals surface area contributed by atoms with Crippen LogP contribution < -0.4 is 15.8 Å².